The van der Waals surface area contributed by atoms with Crippen LogP contribution in [0.25, 0.3) is 0 Å². The molecule has 3 aromatic rings. The van der Waals surface area contributed by atoms with E-state index in [1.165, 1.54) is 17.7 Å². The van der Waals surface area contributed by atoms with E-state index in [2.05, 4.69) is 6.07 Å². The molecule has 0 aromatic heterocycles. The molecule has 4 heteroatoms. The van der Waals surface area contributed by atoms with Crippen LogP contribution in [-0.4, -0.2) is 12.9 Å². The smallest absolute Gasteiger partial charge is 0.150 e. The van der Waals surface area contributed by atoms with Crippen LogP contribution < -0.4 is 4.74 Å². The average Bonchev–Trinajstić information content (AvgIpc) is 2.71. The van der Waals surface area contributed by atoms with Crippen molar-refractivity contribution in [2.24, 2.45) is 0 Å². The zero-order chi connectivity index (χ0) is 20.8. The van der Waals surface area contributed by atoms with Crippen LogP contribution in [0.3, 0.4) is 0 Å². The van der Waals surface area contributed by atoms with Crippen LogP contribution in [0, 0.1) is 25.5 Å². The van der Waals surface area contributed by atoms with Crippen molar-refractivity contribution < 1.29 is 18.3 Å². The molecule has 0 unspecified atom stereocenters. The fraction of sp³-hybridized carbons (Fsp3) is 0.240. The molecule has 0 fully saturated rings. The number of hydrogen-bond donors (Lipinski definition) is 0. The first-order valence-electron chi connectivity index (χ1n) is 9.68. The van der Waals surface area contributed by atoms with Crippen molar-refractivity contribution in [3.05, 3.63) is 100 Å². The summed E-state index contributed by atoms with van der Waals surface area (Å²) in [6, 6.07) is 16.8. The second-order valence-corrected chi connectivity index (χ2v) is 7.24. The van der Waals surface area contributed by atoms with Gasteiger partial charge >= 0.3 is 0 Å². The van der Waals surface area contributed by atoms with Gasteiger partial charge in [0.2, 0.25) is 0 Å². The monoisotopic (exact) mass is 394 g/mol. The van der Waals surface area contributed by atoms with E-state index in [1.807, 2.05) is 26.0 Å². The van der Waals surface area contributed by atoms with Gasteiger partial charge in [-0.25, -0.2) is 8.78 Å². The normalized spacial score (nSPS) is 11.9. The highest BCUT2D eigenvalue weighted by Crippen LogP contribution is 2.32. The average molecular weight is 394 g/mol. The van der Waals surface area contributed by atoms with E-state index in [-0.39, 0.29) is 5.92 Å². The molecule has 0 aliphatic rings. The standard InChI is InChI=1S/C25H24F2O2/c1-17-5-8-20(14-18(17)2)23(24-12-9-21(26)15-25(24)27)4-3-13-29-22-10-6-19(16-28)7-11-22/h5-12,14-16,23H,3-4,13H2,1-2H3/t23-/m1/s1. The molecule has 0 aliphatic carbocycles. The third-order valence-electron chi connectivity index (χ3n) is 5.19. The molecule has 0 spiro atoms. The van der Waals surface area contributed by atoms with E-state index < -0.39 is 11.6 Å². The number of carbonyl (C=O) groups is 1. The summed E-state index contributed by atoms with van der Waals surface area (Å²) in [5.74, 6) is -0.604. The Balaban J connectivity index is 1.74. The first-order valence-corrected chi connectivity index (χ1v) is 9.68. The molecule has 1 atom stereocenters. The Kier molecular flexibility index (Phi) is 6.76. The summed E-state index contributed by atoms with van der Waals surface area (Å²) in [4.78, 5) is 10.7. The fourth-order valence-electron chi connectivity index (χ4n) is 3.39. The van der Waals surface area contributed by atoms with Gasteiger partial charge in [-0.2, -0.15) is 0 Å². The minimum atomic E-state index is -0.577. The summed E-state index contributed by atoms with van der Waals surface area (Å²) < 4.78 is 33.7. The number of aldehydes is 1. The number of hydrogen-bond acceptors (Lipinski definition) is 2. The van der Waals surface area contributed by atoms with E-state index in [9.17, 15) is 13.6 Å². The second-order valence-electron chi connectivity index (χ2n) is 7.24. The fourth-order valence-corrected chi connectivity index (χ4v) is 3.39. The van der Waals surface area contributed by atoms with Gasteiger partial charge in [0, 0.05) is 17.5 Å². The van der Waals surface area contributed by atoms with Gasteiger partial charge in [-0.05, 0) is 79.3 Å². The van der Waals surface area contributed by atoms with Crippen molar-refractivity contribution in [3.63, 3.8) is 0 Å². The molecular formula is C25H24F2O2. The summed E-state index contributed by atoms with van der Waals surface area (Å²) in [5.41, 5.74) is 4.41. The van der Waals surface area contributed by atoms with Crippen LogP contribution >= 0.6 is 0 Å². The van der Waals surface area contributed by atoms with Gasteiger partial charge < -0.3 is 4.74 Å². The number of benzene rings is 3. The van der Waals surface area contributed by atoms with Gasteiger partial charge in [-0.15, -0.1) is 0 Å². The maximum atomic E-state index is 14.5. The lowest BCUT2D eigenvalue weighted by molar-refractivity contribution is 0.112. The first kappa shape index (κ1) is 20.7. The molecular weight excluding hydrogens is 370 g/mol. The van der Waals surface area contributed by atoms with Crippen LogP contribution in [0.4, 0.5) is 8.78 Å². The number of carbonyl (C=O) groups excluding carboxylic acids is 1. The summed E-state index contributed by atoms with van der Waals surface area (Å²) in [7, 11) is 0. The van der Waals surface area contributed by atoms with Gasteiger partial charge in [0.15, 0.2) is 0 Å². The van der Waals surface area contributed by atoms with Gasteiger partial charge in [0.1, 0.15) is 23.7 Å². The van der Waals surface area contributed by atoms with Crippen molar-refractivity contribution >= 4 is 6.29 Å². The summed E-state index contributed by atoms with van der Waals surface area (Å²) >= 11 is 0. The molecule has 2 nitrogen and oxygen atoms in total. The number of rotatable bonds is 8. The zero-order valence-electron chi connectivity index (χ0n) is 16.6. The van der Waals surface area contributed by atoms with Gasteiger partial charge in [0.05, 0.1) is 6.61 Å². The lowest BCUT2D eigenvalue weighted by Gasteiger charge is -2.20. The lowest BCUT2D eigenvalue weighted by atomic mass is 9.86. The van der Waals surface area contributed by atoms with Crippen molar-refractivity contribution in [1.29, 1.82) is 0 Å². The van der Waals surface area contributed by atoms with E-state index in [0.29, 0.717) is 36.3 Å². The first-order chi connectivity index (χ1) is 14.0. The van der Waals surface area contributed by atoms with Crippen molar-refractivity contribution in [2.45, 2.75) is 32.6 Å². The Morgan fingerprint density at radius 2 is 1.69 bits per heavy atom. The van der Waals surface area contributed by atoms with Crippen LogP contribution in [0.5, 0.6) is 5.75 Å². The molecule has 0 radical (unpaired) electrons. The molecule has 29 heavy (non-hydrogen) atoms. The van der Waals surface area contributed by atoms with Crippen LogP contribution in [0.1, 0.15) is 51.4 Å². The van der Waals surface area contributed by atoms with Gasteiger partial charge in [-0.1, -0.05) is 24.3 Å². The highest BCUT2D eigenvalue weighted by atomic mass is 19.1. The zero-order valence-corrected chi connectivity index (χ0v) is 16.6. The third kappa shape index (κ3) is 5.29. The molecule has 0 heterocycles. The molecule has 0 amide bonds. The largest absolute Gasteiger partial charge is 0.494 e. The van der Waals surface area contributed by atoms with Crippen molar-refractivity contribution in [3.8, 4) is 5.75 Å². The number of halogens is 2. The molecule has 3 rings (SSSR count). The Morgan fingerprint density at radius 3 is 2.34 bits per heavy atom. The van der Waals surface area contributed by atoms with Crippen molar-refractivity contribution in [2.75, 3.05) is 6.61 Å². The Bertz CT molecular complexity index is 981. The summed E-state index contributed by atoms with van der Waals surface area (Å²) in [5, 5.41) is 0. The van der Waals surface area contributed by atoms with Crippen LogP contribution in [-0.2, 0) is 0 Å². The summed E-state index contributed by atoms with van der Waals surface area (Å²) in [6.45, 7) is 4.53. The SMILES string of the molecule is Cc1ccc([C@@H](CCCOc2ccc(C=O)cc2)c2ccc(F)cc2F)cc1C. The predicted octanol–water partition coefficient (Wildman–Crippen LogP) is 6.39. The molecule has 0 saturated heterocycles. The Hall–Kier alpha value is -3.01. The van der Waals surface area contributed by atoms with Gasteiger partial charge in [0.25, 0.3) is 0 Å². The molecule has 0 saturated carbocycles. The minimum Gasteiger partial charge on any atom is -0.494 e. The number of ether oxygens (including phenoxy) is 1. The molecule has 3 aromatic carbocycles. The van der Waals surface area contributed by atoms with E-state index in [4.69, 9.17) is 4.74 Å². The maximum absolute atomic E-state index is 14.5. The van der Waals surface area contributed by atoms with Crippen LogP contribution in [0.2, 0.25) is 0 Å². The number of aryl methyl sites for hydroxylation is 2. The highest BCUT2D eigenvalue weighted by Gasteiger charge is 2.19. The highest BCUT2D eigenvalue weighted by molar-refractivity contribution is 5.74. The Labute approximate surface area is 170 Å². The molecule has 0 bridgehead atoms. The van der Waals surface area contributed by atoms with Crippen molar-refractivity contribution in [1.82, 2.24) is 0 Å². The summed E-state index contributed by atoms with van der Waals surface area (Å²) in [6.07, 6.45) is 2.15. The Morgan fingerprint density at radius 1 is 0.931 bits per heavy atom. The van der Waals surface area contributed by atoms with E-state index >= 15 is 0 Å². The maximum Gasteiger partial charge on any atom is 0.150 e. The van der Waals surface area contributed by atoms with E-state index in [0.717, 1.165) is 23.5 Å². The molecule has 0 aliphatic heterocycles. The molecule has 150 valence electrons. The lowest BCUT2D eigenvalue weighted by Crippen LogP contribution is -2.08. The van der Waals surface area contributed by atoms with Crippen LogP contribution in [0.15, 0.2) is 60.7 Å². The van der Waals surface area contributed by atoms with Gasteiger partial charge in [-0.3, -0.25) is 4.79 Å². The van der Waals surface area contributed by atoms with E-state index in [1.54, 1.807) is 24.3 Å². The second kappa shape index (κ2) is 9.46. The quantitative estimate of drug-likeness (QED) is 0.327. The third-order valence-corrected chi connectivity index (χ3v) is 5.19. The predicted molar refractivity (Wildman–Crippen MR) is 111 cm³/mol. The minimum absolute atomic E-state index is 0.184. The molecule has 0 N–H and O–H groups in total. The topological polar surface area (TPSA) is 26.3 Å².